The van der Waals surface area contributed by atoms with E-state index in [4.69, 9.17) is 11.6 Å². The van der Waals surface area contributed by atoms with E-state index in [0.29, 0.717) is 17.1 Å². The number of rotatable bonds is 0. The van der Waals surface area contributed by atoms with Crippen LogP contribution in [0.1, 0.15) is 11.1 Å². The summed E-state index contributed by atoms with van der Waals surface area (Å²) in [6.45, 7) is 0.116. The predicted molar refractivity (Wildman–Crippen MR) is 54.3 cm³/mol. The number of benzene rings is 1. The lowest BCUT2D eigenvalue weighted by atomic mass is 9.98. The molecule has 0 saturated heterocycles. The van der Waals surface area contributed by atoms with Gasteiger partial charge in [0.05, 0.1) is 6.54 Å². The third-order valence-electron chi connectivity index (χ3n) is 2.16. The molecule has 1 N–H and O–H groups in total. The van der Waals surface area contributed by atoms with Crippen molar-refractivity contribution in [1.82, 2.24) is 5.32 Å². The molecule has 1 aliphatic heterocycles. The Labute approximate surface area is 91.9 Å². The Hall–Kier alpha value is -0.380. The van der Waals surface area contributed by atoms with Crippen LogP contribution in [0.4, 0.5) is 8.78 Å². The number of halogens is 4. The standard InChI is InChI=1S/C9H8ClF2N.ClH/c10-8-3-1-2-7-6(8)4-13-5-9(7,11)12;/h1-3,13H,4-5H2;1H. The third-order valence-corrected chi connectivity index (χ3v) is 2.52. The van der Waals surface area contributed by atoms with Gasteiger partial charge in [0.15, 0.2) is 0 Å². The second kappa shape index (κ2) is 4.01. The highest BCUT2D eigenvalue weighted by molar-refractivity contribution is 6.31. The van der Waals surface area contributed by atoms with Crippen molar-refractivity contribution < 1.29 is 8.78 Å². The summed E-state index contributed by atoms with van der Waals surface area (Å²) in [6.07, 6.45) is 0. The van der Waals surface area contributed by atoms with Gasteiger partial charge in [-0.05, 0) is 11.6 Å². The van der Waals surface area contributed by atoms with Crippen LogP contribution in [0, 0.1) is 0 Å². The van der Waals surface area contributed by atoms with Gasteiger partial charge in [0.1, 0.15) is 0 Å². The molecular formula is C9H9Cl2F2N. The Balaban J connectivity index is 0.000000980. The van der Waals surface area contributed by atoms with Crippen molar-refractivity contribution in [3.8, 4) is 0 Å². The number of nitrogens with one attached hydrogen (secondary N) is 1. The Morgan fingerprint density at radius 3 is 2.71 bits per heavy atom. The van der Waals surface area contributed by atoms with Gasteiger partial charge >= 0.3 is 0 Å². The van der Waals surface area contributed by atoms with E-state index < -0.39 is 5.92 Å². The summed E-state index contributed by atoms with van der Waals surface area (Å²) in [7, 11) is 0. The molecule has 0 atom stereocenters. The number of alkyl halides is 2. The fourth-order valence-corrected chi connectivity index (χ4v) is 1.76. The Bertz CT molecular complexity index is 342. The summed E-state index contributed by atoms with van der Waals surface area (Å²) in [5.41, 5.74) is 0.569. The highest BCUT2D eigenvalue weighted by Gasteiger charge is 2.37. The maximum absolute atomic E-state index is 13.3. The zero-order valence-electron chi connectivity index (χ0n) is 7.19. The first-order chi connectivity index (χ1) is 6.11. The normalized spacial score (nSPS) is 18.2. The van der Waals surface area contributed by atoms with Crippen LogP contribution in [0.5, 0.6) is 0 Å². The molecule has 0 aliphatic carbocycles. The van der Waals surface area contributed by atoms with Crippen LogP contribution in [0.25, 0.3) is 0 Å². The van der Waals surface area contributed by atoms with E-state index in [1.165, 1.54) is 6.07 Å². The quantitative estimate of drug-likeness (QED) is 0.735. The summed E-state index contributed by atoms with van der Waals surface area (Å²) in [5, 5.41) is 3.04. The van der Waals surface area contributed by atoms with Crippen molar-refractivity contribution in [2.24, 2.45) is 0 Å². The maximum atomic E-state index is 13.3. The SMILES string of the molecule is Cl.FC1(F)CNCc2c(Cl)cccc21. The lowest BCUT2D eigenvalue weighted by Crippen LogP contribution is -2.36. The van der Waals surface area contributed by atoms with Crippen LogP contribution in [0.3, 0.4) is 0 Å². The molecule has 1 nitrogen and oxygen atoms in total. The molecule has 0 amide bonds. The summed E-state index contributed by atoms with van der Waals surface area (Å²) in [6, 6.07) is 4.62. The Morgan fingerprint density at radius 2 is 2.07 bits per heavy atom. The molecule has 1 heterocycles. The lowest BCUT2D eigenvalue weighted by molar-refractivity contribution is -0.0107. The van der Waals surface area contributed by atoms with E-state index in [1.54, 1.807) is 12.1 Å². The van der Waals surface area contributed by atoms with Crippen molar-refractivity contribution in [3.05, 3.63) is 34.3 Å². The van der Waals surface area contributed by atoms with Crippen molar-refractivity contribution in [2.45, 2.75) is 12.5 Å². The second-order valence-corrected chi connectivity index (χ2v) is 3.48. The van der Waals surface area contributed by atoms with E-state index in [2.05, 4.69) is 5.32 Å². The number of hydrogen-bond acceptors (Lipinski definition) is 1. The molecule has 1 aliphatic rings. The molecule has 0 spiro atoms. The fraction of sp³-hybridized carbons (Fsp3) is 0.333. The zero-order chi connectivity index (χ0) is 9.47. The summed E-state index contributed by atoms with van der Waals surface area (Å²) in [5.74, 6) is -2.79. The molecule has 0 bridgehead atoms. The van der Waals surface area contributed by atoms with Gasteiger partial charge in [-0.3, -0.25) is 0 Å². The minimum atomic E-state index is -2.79. The molecule has 2 rings (SSSR count). The van der Waals surface area contributed by atoms with Crippen molar-refractivity contribution in [2.75, 3.05) is 6.54 Å². The Morgan fingerprint density at radius 1 is 1.36 bits per heavy atom. The van der Waals surface area contributed by atoms with Gasteiger partial charge in [0.25, 0.3) is 5.92 Å². The highest BCUT2D eigenvalue weighted by atomic mass is 35.5. The summed E-state index contributed by atoms with van der Waals surface area (Å²) >= 11 is 5.80. The zero-order valence-corrected chi connectivity index (χ0v) is 8.76. The molecule has 0 unspecified atom stereocenters. The highest BCUT2D eigenvalue weighted by Crippen LogP contribution is 2.35. The molecule has 1 aromatic carbocycles. The maximum Gasteiger partial charge on any atom is 0.285 e. The van der Waals surface area contributed by atoms with Crippen molar-refractivity contribution in [1.29, 1.82) is 0 Å². The molecular weight excluding hydrogens is 231 g/mol. The topological polar surface area (TPSA) is 12.0 Å². The van der Waals surface area contributed by atoms with Crippen molar-refractivity contribution >= 4 is 24.0 Å². The fourth-order valence-electron chi connectivity index (χ4n) is 1.52. The first-order valence-electron chi connectivity index (χ1n) is 3.98. The summed E-state index contributed by atoms with van der Waals surface area (Å²) < 4.78 is 26.5. The van der Waals surface area contributed by atoms with Gasteiger partial charge in [0, 0.05) is 17.1 Å². The smallest absolute Gasteiger partial charge is 0.285 e. The van der Waals surface area contributed by atoms with Crippen LogP contribution < -0.4 is 5.32 Å². The predicted octanol–water partition coefficient (Wildman–Crippen LogP) is 2.96. The number of hydrogen-bond donors (Lipinski definition) is 1. The monoisotopic (exact) mass is 239 g/mol. The van der Waals surface area contributed by atoms with Gasteiger partial charge < -0.3 is 5.32 Å². The van der Waals surface area contributed by atoms with Crippen LogP contribution >= 0.6 is 24.0 Å². The van der Waals surface area contributed by atoms with E-state index >= 15 is 0 Å². The largest absolute Gasteiger partial charge is 0.307 e. The van der Waals surface area contributed by atoms with Gasteiger partial charge in [-0.2, -0.15) is 8.78 Å². The van der Waals surface area contributed by atoms with Crippen LogP contribution in [-0.4, -0.2) is 6.54 Å². The third kappa shape index (κ3) is 1.85. The summed E-state index contributed by atoms with van der Waals surface area (Å²) in [4.78, 5) is 0. The van der Waals surface area contributed by atoms with Crippen LogP contribution in [-0.2, 0) is 12.5 Å². The number of fused-ring (bicyclic) bond motifs is 1. The molecule has 1 aromatic rings. The lowest BCUT2D eigenvalue weighted by Gasteiger charge is -2.26. The van der Waals surface area contributed by atoms with Crippen LogP contribution in [0.15, 0.2) is 18.2 Å². The molecule has 5 heteroatoms. The molecule has 14 heavy (non-hydrogen) atoms. The molecule has 0 aromatic heterocycles. The first kappa shape index (κ1) is 11.7. The van der Waals surface area contributed by atoms with Gasteiger partial charge in [0.2, 0.25) is 0 Å². The van der Waals surface area contributed by atoms with E-state index in [9.17, 15) is 8.78 Å². The van der Waals surface area contributed by atoms with E-state index in [0.717, 1.165) is 0 Å². The molecule has 78 valence electrons. The first-order valence-corrected chi connectivity index (χ1v) is 4.35. The van der Waals surface area contributed by atoms with Crippen molar-refractivity contribution in [3.63, 3.8) is 0 Å². The average molecular weight is 240 g/mol. The van der Waals surface area contributed by atoms with Gasteiger partial charge in [-0.1, -0.05) is 23.7 Å². The van der Waals surface area contributed by atoms with Gasteiger partial charge in [-0.25, -0.2) is 0 Å². The second-order valence-electron chi connectivity index (χ2n) is 3.07. The van der Waals surface area contributed by atoms with Gasteiger partial charge in [-0.15, -0.1) is 12.4 Å². The average Bonchev–Trinajstić information content (AvgIpc) is 2.06. The molecule has 0 fully saturated rings. The minimum Gasteiger partial charge on any atom is -0.307 e. The van der Waals surface area contributed by atoms with Crippen LogP contribution in [0.2, 0.25) is 5.02 Å². The molecule has 0 radical (unpaired) electrons. The molecule has 0 saturated carbocycles. The van der Waals surface area contributed by atoms with E-state index in [1.807, 2.05) is 0 Å². The Kier molecular flexibility index (Phi) is 3.35. The van der Waals surface area contributed by atoms with E-state index in [-0.39, 0.29) is 24.5 Å². The minimum absolute atomic E-state index is 0.